The van der Waals surface area contributed by atoms with Gasteiger partial charge in [-0.2, -0.15) is 13.2 Å². The number of piperidine rings is 1. The number of amides is 1. The van der Waals surface area contributed by atoms with E-state index in [1.807, 2.05) is 6.92 Å². The predicted octanol–water partition coefficient (Wildman–Crippen LogP) is 3.94. The van der Waals surface area contributed by atoms with Crippen molar-refractivity contribution < 1.29 is 22.9 Å². The number of thiazole rings is 1. The number of likely N-dealkylation sites (tertiary alicyclic amines) is 1. The molecule has 0 unspecified atom stereocenters. The Hall–Kier alpha value is -2.73. The molecule has 1 aromatic carbocycles. The summed E-state index contributed by atoms with van der Waals surface area (Å²) in [6.45, 7) is 5.85. The molecule has 3 heterocycles. The fraction of sp³-hybridized carbons (Fsp3) is 0.545. The Morgan fingerprint density at radius 1 is 1.18 bits per heavy atom. The highest BCUT2D eigenvalue weighted by Gasteiger charge is 2.35. The van der Waals surface area contributed by atoms with Gasteiger partial charge in [0, 0.05) is 50.1 Å². The minimum atomic E-state index is -4.65. The summed E-state index contributed by atoms with van der Waals surface area (Å²) < 4.78 is 38.9. The van der Waals surface area contributed by atoms with E-state index in [0.717, 1.165) is 55.3 Å². The van der Waals surface area contributed by atoms with E-state index in [4.69, 9.17) is 0 Å². The SMILES string of the molecule is Cc1nc(CN2CCC(C(=O)N3CCN(c4ccc(C(F)(F)F)cc4[N+](=O)[O-])CC3)CC2)cs1. The number of piperazine rings is 1. The molecule has 0 radical (unpaired) electrons. The minimum Gasteiger partial charge on any atom is -0.362 e. The van der Waals surface area contributed by atoms with Crippen LogP contribution in [-0.2, 0) is 17.5 Å². The first kappa shape index (κ1) is 24.4. The maximum Gasteiger partial charge on any atom is 0.416 e. The zero-order valence-electron chi connectivity index (χ0n) is 18.8. The third-order valence-corrected chi connectivity index (χ3v) is 7.24. The van der Waals surface area contributed by atoms with Gasteiger partial charge in [0.2, 0.25) is 5.91 Å². The van der Waals surface area contributed by atoms with Crippen LogP contribution in [0.25, 0.3) is 0 Å². The highest BCUT2D eigenvalue weighted by atomic mass is 32.1. The third-order valence-electron chi connectivity index (χ3n) is 6.42. The number of nitrogens with zero attached hydrogens (tertiary/aromatic N) is 5. The van der Waals surface area contributed by atoms with Gasteiger partial charge in [0.25, 0.3) is 5.69 Å². The molecule has 4 rings (SSSR count). The highest BCUT2D eigenvalue weighted by molar-refractivity contribution is 7.09. The molecule has 0 aliphatic carbocycles. The van der Waals surface area contributed by atoms with Crippen LogP contribution in [0, 0.1) is 23.0 Å². The first-order chi connectivity index (χ1) is 16.1. The second-order valence-corrected chi connectivity index (χ2v) is 9.74. The molecule has 0 atom stereocenters. The molecular weight excluding hydrogens is 471 g/mol. The molecule has 2 aliphatic heterocycles. The van der Waals surface area contributed by atoms with E-state index in [-0.39, 0.29) is 17.5 Å². The van der Waals surface area contributed by atoms with Gasteiger partial charge in [-0.1, -0.05) is 0 Å². The Morgan fingerprint density at radius 2 is 1.85 bits per heavy atom. The van der Waals surface area contributed by atoms with Crippen molar-refractivity contribution in [1.82, 2.24) is 14.8 Å². The van der Waals surface area contributed by atoms with E-state index in [0.29, 0.717) is 32.2 Å². The van der Waals surface area contributed by atoms with Crippen molar-refractivity contribution in [2.45, 2.75) is 32.5 Å². The number of nitro groups is 1. The predicted molar refractivity (Wildman–Crippen MR) is 122 cm³/mol. The summed E-state index contributed by atoms with van der Waals surface area (Å²) in [5, 5.41) is 14.5. The Balaban J connectivity index is 1.32. The molecule has 8 nitrogen and oxygen atoms in total. The van der Waals surface area contributed by atoms with Gasteiger partial charge in [-0.3, -0.25) is 19.8 Å². The average Bonchev–Trinajstić information content (AvgIpc) is 3.22. The number of alkyl halides is 3. The topological polar surface area (TPSA) is 82.8 Å². The highest BCUT2D eigenvalue weighted by Crippen LogP contribution is 2.37. The molecule has 0 bridgehead atoms. The number of anilines is 1. The van der Waals surface area contributed by atoms with Crippen molar-refractivity contribution in [1.29, 1.82) is 0 Å². The van der Waals surface area contributed by atoms with Crippen molar-refractivity contribution in [3.05, 3.63) is 50.0 Å². The van der Waals surface area contributed by atoms with Crippen molar-refractivity contribution in [3.63, 3.8) is 0 Å². The number of rotatable bonds is 5. The maximum atomic E-state index is 13.0. The number of aryl methyl sites for hydroxylation is 1. The van der Waals surface area contributed by atoms with E-state index in [1.165, 1.54) is 0 Å². The lowest BCUT2D eigenvalue weighted by Crippen LogP contribution is -2.51. The van der Waals surface area contributed by atoms with Crippen LogP contribution in [-0.4, -0.2) is 64.9 Å². The Kier molecular flexibility index (Phi) is 7.08. The molecule has 34 heavy (non-hydrogen) atoms. The lowest BCUT2D eigenvalue weighted by Gasteiger charge is -2.39. The zero-order chi connectivity index (χ0) is 24.5. The molecular formula is C22H26F3N5O3S. The standard InChI is InChI=1S/C22H26F3N5O3S/c1-15-26-18(14-34-15)13-27-6-4-16(5-7-27)21(31)29-10-8-28(9-11-29)19-3-2-17(22(23,24)25)12-20(19)30(32)33/h2-3,12,14,16H,4-11,13H2,1H3. The van der Waals surface area contributed by atoms with E-state index >= 15 is 0 Å². The number of benzene rings is 1. The molecule has 2 aliphatic rings. The second-order valence-electron chi connectivity index (χ2n) is 8.68. The summed E-state index contributed by atoms with van der Waals surface area (Å²) >= 11 is 1.63. The van der Waals surface area contributed by atoms with Gasteiger partial charge in [0.15, 0.2) is 0 Å². The molecule has 1 aromatic heterocycles. The molecule has 12 heteroatoms. The van der Waals surface area contributed by atoms with Gasteiger partial charge in [-0.25, -0.2) is 4.98 Å². The van der Waals surface area contributed by atoms with E-state index in [9.17, 15) is 28.1 Å². The lowest BCUT2D eigenvalue weighted by atomic mass is 9.95. The molecule has 1 amide bonds. The number of halogens is 3. The van der Waals surface area contributed by atoms with Crippen LogP contribution in [0.3, 0.4) is 0 Å². The molecule has 0 N–H and O–H groups in total. The summed E-state index contributed by atoms with van der Waals surface area (Å²) in [5.41, 5.74) is -0.415. The number of nitro benzene ring substituents is 1. The number of aromatic nitrogens is 1. The molecule has 0 spiro atoms. The van der Waals surface area contributed by atoms with Crippen molar-refractivity contribution in [2.24, 2.45) is 5.92 Å². The number of carbonyl (C=O) groups excluding carboxylic acids is 1. The fourth-order valence-corrected chi connectivity index (χ4v) is 5.19. The molecule has 2 aromatic rings. The summed E-state index contributed by atoms with van der Waals surface area (Å²) in [6.07, 6.45) is -3.11. The van der Waals surface area contributed by atoms with Gasteiger partial charge in [0.05, 0.1) is 21.2 Å². The fourth-order valence-electron chi connectivity index (χ4n) is 4.59. The summed E-state index contributed by atoms with van der Waals surface area (Å²) in [6, 6.07) is 2.59. The summed E-state index contributed by atoms with van der Waals surface area (Å²) in [4.78, 5) is 33.9. The molecule has 2 saturated heterocycles. The van der Waals surface area contributed by atoms with Crippen molar-refractivity contribution in [3.8, 4) is 0 Å². The van der Waals surface area contributed by atoms with Crippen LogP contribution in [0.5, 0.6) is 0 Å². The average molecular weight is 498 g/mol. The second kappa shape index (κ2) is 9.87. The van der Waals surface area contributed by atoms with Gasteiger partial charge < -0.3 is 9.80 Å². The number of carbonyl (C=O) groups is 1. The van der Waals surface area contributed by atoms with Crippen LogP contribution in [0.15, 0.2) is 23.6 Å². The molecule has 184 valence electrons. The van der Waals surface area contributed by atoms with Crippen molar-refractivity contribution >= 4 is 28.6 Å². The van der Waals surface area contributed by atoms with Crippen molar-refractivity contribution in [2.75, 3.05) is 44.2 Å². The van der Waals surface area contributed by atoms with E-state index < -0.39 is 22.4 Å². The quantitative estimate of drug-likeness (QED) is 0.460. The van der Waals surface area contributed by atoms with Gasteiger partial charge in [-0.05, 0) is 45.0 Å². The van der Waals surface area contributed by atoms with Crippen LogP contribution in [0.1, 0.15) is 29.1 Å². The zero-order valence-corrected chi connectivity index (χ0v) is 19.6. The van der Waals surface area contributed by atoms with Crippen LogP contribution < -0.4 is 4.90 Å². The lowest BCUT2D eigenvalue weighted by molar-refractivity contribution is -0.384. The van der Waals surface area contributed by atoms with E-state index in [1.54, 1.807) is 21.1 Å². The first-order valence-corrected chi connectivity index (χ1v) is 12.0. The van der Waals surface area contributed by atoms with Gasteiger partial charge in [0.1, 0.15) is 5.69 Å². The largest absolute Gasteiger partial charge is 0.416 e. The van der Waals surface area contributed by atoms with Gasteiger partial charge >= 0.3 is 6.18 Å². The maximum absolute atomic E-state index is 13.0. The minimum absolute atomic E-state index is 0.0552. The number of hydrogen-bond donors (Lipinski definition) is 0. The number of hydrogen-bond acceptors (Lipinski definition) is 7. The Labute approximate surface area is 199 Å². The molecule has 2 fully saturated rings. The smallest absolute Gasteiger partial charge is 0.362 e. The monoisotopic (exact) mass is 497 g/mol. The first-order valence-electron chi connectivity index (χ1n) is 11.1. The normalized spacial score (nSPS) is 18.4. The van der Waals surface area contributed by atoms with Crippen LogP contribution in [0.4, 0.5) is 24.5 Å². The summed E-state index contributed by atoms with van der Waals surface area (Å²) in [7, 11) is 0. The van der Waals surface area contributed by atoms with Crippen LogP contribution >= 0.6 is 11.3 Å². The van der Waals surface area contributed by atoms with E-state index in [2.05, 4.69) is 15.3 Å². The van der Waals surface area contributed by atoms with Gasteiger partial charge in [-0.15, -0.1) is 11.3 Å². The Morgan fingerprint density at radius 3 is 2.41 bits per heavy atom. The third kappa shape index (κ3) is 5.49. The van der Waals surface area contributed by atoms with Crippen LogP contribution in [0.2, 0.25) is 0 Å². The Bertz CT molecular complexity index is 1040. The molecule has 0 saturated carbocycles. The summed E-state index contributed by atoms with van der Waals surface area (Å²) in [5.74, 6) is 0.0334.